The lowest BCUT2D eigenvalue weighted by atomic mass is 9.86. The summed E-state index contributed by atoms with van der Waals surface area (Å²) >= 11 is 1.52. The average Bonchev–Trinajstić information content (AvgIpc) is 2.67. The standard InChI is InChI=1S/C20H22N2O3S/c1-4-20(19(23)24,22-16-9-6-14(13-21)7-10-16)15-8-11-17(25-5-2)18(12-15)26-3/h6-12,22H,4-5H2,1-3H3,(H,23,24). The average molecular weight is 370 g/mol. The summed E-state index contributed by atoms with van der Waals surface area (Å²) in [5.74, 6) is -0.210. The maximum Gasteiger partial charge on any atom is 0.334 e. The molecule has 0 aromatic heterocycles. The highest BCUT2D eigenvalue weighted by molar-refractivity contribution is 7.98. The molecule has 0 bridgehead atoms. The van der Waals surface area contributed by atoms with Gasteiger partial charge in [-0.2, -0.15) is 5.26 Å². The molecule has 0 radical (unpaired) electrons. The molecule has 26 heavy (non-hydrogen) atoms. The molecule has 0 aliphatic heterocycles. The molecule has 1 atom stereocenters. The molecule has 0 aliphatic rings. The van der Waals surface area contributed by atoms with Crippen LogP contribution in [-0.4, -0.2) is 23.9 Å². The van der Waals surface area contributed by atoms with E-state index in [1.807, 2.05) is 32.2 Å². The van der Waals surface area contributed by atoms with Crippen molar-refractivity contribution >= 4 is 23.4 Å². The Balaban J connectivity index is 2.48. The Kier molecular flexibility index (Phi) is 6.53. The second kappa shape index (κ2) is 8.63. The fraction of sp³-hybridized carbons (Fsp3) is 0.300. The van der Waals surface area contributed by atoms with Crippen molar-refractivity contribution in [2.24, 2.45) is 0 Å². The van der Waals surface area contributed by atoms with Gasteiger partial charge in [0.05, 0.1) is 18.2 Å². The van der Waals surface area contributed by atoms with Gasteiger partial charge in [0.2, 0.25) is 0 Å². The minimum absolute atomic E-state index is 0.351. The van der Waals surface area contributed by atoms with Gasteiger partial charge < -0.3 is 15.2 Å². The molecule has 0 amide bonds. The van der Waals surface area contributed by atoms with Crippen molar-refractivity contribution in [1.82, 2.24) is 0 Å². The van der Waals surface area contributed by atoms with Crippen LogP contribution in [0.4, 0.5) is 5.69 Å². The Morgan fingerprint density at radius 3 is 2.46 bits per heavy atom. The third-order valence-electron chi connectivity index (χ3n) is 4.22. The summed E-state index contributed by atoms with van der Waals surface area (Å²) in [5, 5.41) is 22.1. The lowest BCUT2D eigenvalue weighted by Crippen LogP contribution is -2.43. The van der Waals surface area contributed by atoms with Gasteiger partial charge in [0.1, 0.15) is 5.75 Å². The molecule has 0 aliphatic carbocycles. The number of nitriles is 1. The summed E-state index contributed by atoms with van der Waals surface area (Å²) in [6, 6.07) is 14.3. The number of hydrogen-bond donors (Lipinski definition) is 2. The second-order valence-electron chi connectivity index (χ2n) is 5.68. The van der Waals surface area contributed by atoms with Gasteiger partial charge >= 0.3 is 5.97 Å². The first-order chi connectivity index (χ1) is 12.5. The molecule has 2 aromatic carbocycles. The number of hydrogen-bond acceptors (Lipinski definition) is 5. The first kappa shape index (κ1) is 19.7. The zero-order chi connectivity index (χ0) is 19.2. The first-order valence-electron chi connectivity index (χ1n) is 8.33. The van der Waals surface area contributed by atoms with Crippen molar-refractivity contribution in [2.75, 3.05) is 18.2 Å². The molecule has 0 fully saturated rings. The van der Waals surface area contributed by atoms with E-state index in [9.17, 15) is 9.90 Å². The molecule has 6 heteroatoms. The molecule has 0 saturated carbocycles. The Bertz CT molecular complexity index is 815. The maximum absolute atomic E-state index is 12.2. The van der Waals surface area contributed by atoms with Crippen LogP contribution in [0.5, 0.6) is 5.75 Å². The quantitative estimate of drug-likeness (QED) is 0.667. The number of rotatable bonds is 8. The fourth-order valence-corrected chi connectivity index (χ4v) is 3.35. The van der Waals surface area contributed by atoms with E-state index in [1.54, 1.807) is 30.3 Å². The highest BCUT2D eigenvalue weighted by Gasteiger charge is 2.39. The van der Waals surface area contributed by atoms with E-state index in [2.05, 4.69) is 11.4 Å². The smallest absolute Gasteiger partial charge is 0.334 e. The van der Waals surface area contributed by atoms with E-state index >= 15 is 0 Å². The molecule has 2 aromatic rings. The number of nitrogens with zero attached hydrogens (tertiary/aromatic N) is 1. The minimum atomic E-state index is -1.27. The number of carboxylic acid groups (broad SMARTS) is 1. The first-order valence-corrected chi connectivity index (χ1v) is 9.56. The Morgan fingerprint density at radius 2 is 1.96 bits per heavy atom. The van der Waals surface area contributed by atoms with Crippen molar-refractivity contribution in [3.8, 4) is 11.8 Å². The summed E-state index contributed by atoms with van der Waals surface area (Å²) in [4.78, 5) is 13.1. The van der Waals surface area contributed by atoms with Crippen molar-refractivity contribution in [3.05, 3.63) is 53.6 Å². The Hall–Kier alpha value is -2.65. The maximum atomic E-state index is 12.2. The molecule has 2 rings (SSSR count). The normalized spacial score (nSPS) is 12.7. The topological polar surface area (TPSA) is 82.3 Å². The number of benzene rings is 2. The number of thioether (sulfide) groups is 1. The Labute approximate surface area is 158 Å². The lowest BCUT2D eigenvalue weighted by Gasteiger charge is -2.31. The third-order valence-corrected chi connectivity index (χ3v) is 4.98. The summed E-state index contributed by atoms with van der Waals surface area (Å²) in [5.41, 5.74) is 0.555. The number of anilines is 1. The van der Waals surface area contributed by atoms with Crippen molar-refractivity contribution in [1.29, 1.82) is 5.26 Å². The zero-order valence-electron chi connectivity index (χ0n) is 15.1. The van der Waals surface area contributed by atoms with Gasteiger partial charge in [0.25, 0.3) is 0 Å². The van der Waals surface area contributed by atoms with Gasteiger partial charge in [-0.1, -0.05) is 13.0 Å². The number of aliphatic carboxylic acids is 1. The van der Waals surface area contributed by atoms with Crippen LogP contribution < -0.4 is 10.1 Å². The molecule has 5 nitrogen and oxygen atoms in total. The van der Waals surface area contributed by atoms with Crippen molar-refractivity contribution < 1.29 is 14.6 Å². The molecule has 2 N–H and O–H groups in total. The van der Waals surface area contributed by atoms with Crippen molar-refractivity contribution in [3.63, 3.8) is 0 Å². The van der Waals surface area contributed by atoms with E-state index in [0.29, 0.717) is 29.8 Å². The highest BCUT2D eigenvalue weighted by Crippen LogP contribution is 2.36. The van der Waals surface area contributed by atoms with Crippen molar-refractivity contribution in [2.45, 2.75) is 30.7 Å². The van der Waals surface area contributed by atoms with E-state index in [1.165, 1.54) is 11.8 Å². The van der Waals surface area contributed by atoms with Gasteiger partial charge in [0, 0.05) is 10.6 Å². The lowest BCUT2D eigenvalue weighted by molar-refractivity contribution is -0.142. The van der Waals surface area contributed by atoms with Gasteiger partial charge in [-0.25, -0.2) is 4.79 Å². The number of carboxylic acids is 1. The van der Waals surface area contributed by atoms with Gasteiger partial charge in [-0.15, -0.1) is 11.8 Å². The predicted octanol–water partition coefficient (Wildman–Crippen LogP) is 4.48. The zero-order valence-corrected chi connectivity index (χ0v) is 15.9. The van der Waals surface area contributed by atoms with Crippen LogP contribution in [0.2, 0.25) is 0 Å². The number of nitrogens with one attached hydrogen (secondary N) is 1. The van der Waals surface area contributed by atoms with Gasteiger partial charge in [0.15, 0.2) is 5.54 Å². The van der Waals surface area contributed by atoms with Crippen LogP contribution in [0.15, 0.2) is 47.4 Å². The molecule has 0 spiro atoms. The van der Waals surface area contributed by atoms with Crippen LogP contribution in [0.1, 0.15) is 31.4 Å². The predicted molar refractivity (Wildman–Crippen MR) is 104 cm³/mol. The molecule has 0 saturated heterocycles. The van der Waals surface area contributed by atoms with E-state index in [4.69, 9.17) is 10.00 Å². The van der Waals surface area contributed by atoms with Crippen LogP contribution in [-0.2, 0) is 10.3 Å². The second-order valence-corrected chi connectivity index (χ2v) is 6.52. The number of carbonyl (C=O) groups is 1. The monoisotopic (exact) mass is 370 g/mol. The fourth-order valence-electron chi connectivity index (χ4n) is 2.78. The number of ether oxygens (including phenoxy) is 1. The Morgan fingerprint density at radius 1 is 1.27 bits per heavy atom. The molecule has 0 heterocycles. The van der Waals surface area contributed by atoms with Gasteiger partial charge in [-0.3, -0.25) is 0 Å². The summed E-state index contributed by atoms with van der Waals surface area (Å²) < 4.78 is 5.61. The highest BCUT2D eigenvalue weighted by atomic mass is 32.2. The van der Waals surface area contributed by atoms with Crippen LogP contribution in [0, 0.1) is 11.3 Å². The molecular weight excluding hydrogens is 348 g/mol. The summed E-state index contributed by atoms with van der Waals surface area (Å²) in [7, 11) is 0. The third kappa shape index (κ3) is 3.94. The van der Waals surface area contributed by atoms with Crippen LogP contribution in [0.3, 0.4) is 0 Å². The minimum Gasteiger partial charge on any atom is -0.493 e. The van der Waals surface area contributed by atoms with E-state index in [0.717, 1.165) is 10.6 Å². The van der Waals surface area contributed by atoms with E-state index < -0.39 is 11.5 Å². The van der Waals surface area contributed by atoms with E-state index in [-0.39, 0.29) is 0 Å². The molecular formula is C20H22N2O3S. The summed E-state index contributed by atoms with van der Waals surface area (Å²) in [6.45, 7) is 4.30. The summed E-state index contributed by atoms with van der Waals surface area (Å²) in [6.07, 6.45) is 2.29. The SMILES string of the molecule is CCOc1ccc(C(CC)(Nc2ccc(C#N)cc2)C(=O)O)cc1SC. The molecule has 1 unspecified atom stereocenters. The van der Waals surface area contributed by atoms with Crippen LogP contribution in [0.25, 0.3) is 0 Å². The molecule has 136 valence electrons. The van der Waals surface area contributed by atoms with Crippen LogP contribution >= 0.6 is 11.8 Å². The van der Waals surface area contributed by atoms with Gasteiger partial charge in [-0.05, 0) is 61.6 Å². The largest absolute Gasteiger partial charge is 0.493 e.